The zero-order valence-corrected chi connectivity index (χ0v) is 17.7. The summed E-state index contributed by atoms with van der Waals surface area (Å²) >= 11 is 1.73. The normalized spacial score (nSPS) is 23.7. The first-order valence-electron chi connectivity index (χ1n) is 10.9. The highest BCUT2D eigenvalue weighted by Gasteiger charge is 2.44. The Morgan fingerprint density at radius 3 is 2.72 bits per heavy atom. The number of likely N-dealkylation sites (tertiary alicyclic amines) is 2. The molecule has 1 atom stereocenters. The average molecular weight is 412 g/mol. The van der Waals surface area contributed by atoms with Crippen molar-refractivity contribution in [2.75, 3.05) is 26.2 Å². The van der Waals surface area contributed by atoms with Crippen molar-refractivity contribution in [1.82, 2.24) is 14.8 Å². The quantitative estimate of drug-likeness (QED) is 0.761. The number of para-hydroxylation sites is 1. The van der Waals surface area contributed by atoms with Crippen LogP contribution in [0, 0.1) is 0 Å². The van der Waals surface area contributed by atoms with Crippen molar-refractivity contribution >= 4 is 17.2 Å². The smallest absolute Gasteiger partial charge is 0.223 e. The second-order valence-corrected chi connectivity index (χ2v) is 9.70. The van der Waals surface area contributed by atoms with Gasteiger partial charge in [-0.15, -0.1) is 11.3 Å². The Hall–Kier alpha value is -1.92. The third kappa shape index (κ3) is 4.05. The largest absolute Gasteiger partial charge is 0.487 e. The predicted molar refractivity (Wildman–Crippen MR) is 114 cm³/mol. The van der Waals surface area contributed by atoms with Gasteiger partial charge in [0.15, 0.2) is 0 Å². The van der Waals surface area contributed by atoms with Crippen LogP contribution in [0.1, 0.15) is 55.0 Å². The number of amides is 1. The Labute approximate surface area is 176 Å². The summed E-state index contributed by atoms with van der Waals surface area (Å²) in [4.78, 5) is 21.9. The van der Waals surface area contributed by atoms with Gasteiger partial charge in [0.25, 0.3) is 0 Å². The molecule has 1 aromatic carbocycles. The number of carbonyl (C=O) groups is 1. The van der Waals surface area contributed by atoms with E-state index in [9.17, 15) is 4.79 Å². The number of hydrogen-bond donors (Lipinski definition) is 0. The summed E-state index contributed by atoms with van der Waals surface area (Å²) in [5.74, 6) is 1.57. The van der Waals surface area contributed by atoms with Gasteiger partial charge in [-0.1, -0.05) is 18.2 Å². The summed E-state index contributed by atoms with van der Waals surface area (Å²) in [6.45, 7) is 4.84. The highest BCUT2D eigenvalue weighted by Crippen LogP contribution is 2.46. The Kier molecular flexibility index (Phi) is 5.31. The fourth-order valence-corrected chi connectivity index (χ4v) is 5.84. The SMILES string of the molecule is O=C(C[C@@H]1CC2(CCN(Cc3nccs3)CC2)Oc2ccccc21)N1CCCC1. The number of rotatable bonds is 4. The average Bonchev–Trinajstić information content (AvgIpc) is 3.44. The number of nitrogens with zero attached hydrogens (tertiary/aromatic N) is 3. The van der Waals surface area contributed by atoms with Crippen LogP contribution >= 0.6 is 11.3 Å². The second kappa shape index (κ2) is 8.07. The molecule has 0 bridgehead atoms. The minimum Gasteiger partial charge on any atom is -0.487 e. The second-order valence-electron chi connectivity index (χ2n) is 8.72. The molecular weight excluding hydrogens is 382 g/mol. The van der Waals surface area contributed by atoms with Crippen molar-refractivity contribution < 1.29 is 9.53 Å². The number of aromatic nitrogens is 1. The highest BCUT2D eigenvalue weighted by atomic mass is 32.1. The summed E-state index contributed by atoms with van der Waals surface area (Å²) in [6, 6.07) is 8.37. The topological polar surface area (TPSA) is 45.7 Å². The number of carbonyl (C=O) groups excluding carboxylic acids is 1. The van der Waals surface area contributed by atoms with E-state index in [0.29, 0.717) is 12.3 Å². The van der Waals surface area contributed by atoms with Crippen LogP contribution in [0.25, 0.3) is 0 Å². The zero-order valence-electron chi connectivity index (χ0n) is 16.9. The summed E-state index contributed by atoms with van der Waals surface area (Å²) in [5.41, 5.74) is 1.08. The molecule has 1 spiro atoms. The lowest BCUT2D eigenvalue weighted by molar-refractivity contribution is -0.131. The van der Waals surface area contributed by atoms with Gasteiger partial charge in [0.2, 0.25) is 5.91 Å². The third-order valence-corrected chi connectivity index (χ3v) is 7.56. The molecule has 0 unspecified atom stereocenters. The van der Waals surface area contributed by atoms with Gasteiger partial charge in [-0.05, 0) is 43.7 Å². The summed E-state index contributed by atoms with van der Waals surface area (Å²) in [5, 5.41) is 3.23. The number of piperidine rings is 1. The zero-order chi connectivity index (χ0) is 19.7. The molecule has 1 aromatic heterocycles. The maximum atomic E-state index is 12.9. The lowest BCUT2D eigenvalue weighted by atomic mass is 9.76. The molecule has 5 rings (SSSR count). The van der Waals surface area contributed by atoms with Gasteiger partial charge in [0.1, 0.15) is 16.4 Å². The van der Waals surface area contributed by atoms with Crippen molar-refractivity contribution in [3.05, 3.63) is 46.4 Å². The summed E-state index contributed by atoms with van der Waals surface area (Å²) in [7, 11) is 0. The fraction of sp³-hybridized carbons (Fsp3) is 0.565. The van der Waals surface area contributed by atoms with Gasteiger partial charge in [-0.2, -0.15) is 0 Å². The monoisotopic (exact) mass is 411 g/mol. The molecular formula is C23H29N3O2S. The van der Waals surface area contributed by atoms with E-state index in [0.717, 1.165) is 70.6 Å². The van der Waals surface area contributed by atoms with Gasteiger partial charge in [0, 0.05) is 50.1 Å². The molecule has 2 aromatic rings. The minimum atomic E-state index is -0.135. The van der Waals surface area contributed by atoms with Crippen LogP contribution in [0.4, 0.5) is 0 Å². The molecule has 2 saturated heterocycles. The van der Waals surface area contributed by atoms with Crippen LogP contribution in [0.5, 0.6) is 5.75 Å². The van der Waals surface area contributed by atoms with E-state index in [4.69, 9.17) is 4.74 Å². The molecule has 0 saturated carbocycles. The number of thiazole rings is 1. The van der Waals surface area contributed by atoms with E-state index in [1.807, 2.05) is 11.6 Å². The predicted octanol–water partition coefficient (Wildman–Crippen LogP) is 4.06. The molecule has 3 aliphatic heterocycles. The molecule has 29 heavy (non-hydrogen) atoms. The first kappa shape index (κ1) is 19.1. The summed E-state index contributed by atoms with van der Waals surface area (Å²) < 4.78 is 6.62. The molecule has 4 heterocycles. The minimum absolute atomic E-state index is 0.135. The maximum absolute atomic E-state index is 12.9. The molecule has 3 aliphatic rings. The molecule has 0 aliphatic carbocycles. The lowest BCUT2D eigenvalue weighted by Crippen LogP contribution is -2.50. The first-order chi connectivity index (χ1) is 14.2. The van der Waals surface area contributed by atoms with E-state index in [-0.39, 0.29) is 11.5 Å². The van der Waals surface area contributed by atoms with Crippen LogP contribution in [-0.4, -0.2) is 52.5 Å². The van der Waals surface area contributed by atoms with Crippen molar-refractivity contribution in [3.63, 3.8) is 0 Å². The molecule has 0 radical (unpaired) electrons. The van der Waals surface area contributed by atoms with Crippen LogP contribution in [0.15, 0.2) is 35.8 Å². The number of hydrogen-bond acceptors (Lipinski definition) is 5. The van der Waals surface area contributed by atoms with Crippen LogP contribution in [0.2, 0.25) is 0 Å². The van der Waals surface area contributed by atoms with Gasteiger partial charge in [0.05, 0.1) is 6.54 Å². The van der Waals surface area contributed by atoms with Crippen molar-refractivity contribution in [2.45, 2.75) is 56.6 Å². The molecule has 6 heteroatoms. The van der Waals surface area contributed by atoms with E-state index in [1.54, 1.807) is 11.3 Å². The Bertz CT molecular complexity index is 840. The Morgan fingerprint density at radius 1 is 1.17 bits per heavy atom. The molecule has 2 fully saturated rings. The van der Waals surface area contributed by atoms with Crippen LogP contribution in [-0.2, 0) is 11.3 Å². The number of fused-ring (bicyclic) bond motifs is 1. The highest BCUT2D eigenvalue weighted by molar-refractivity contribution is 7.09. The van der Waals surface area contributed by atoms with Crippen LogP contribution < -0.4 is 4.74 Å². The Morgan fingerprint density at radius 2 is 1.97 bits per heavy atom. The number of ether oxygens (including phenoxy) is 1. The molecule has 5 nitrogen and oxygen atoms in total. The fourth-order valence-electron chi connectivity index (χ4n) is 5.18. The van der Waals surface area contributed by atoms with Crippen molar-refractivity contribution in [1.29, 1.82) is 0 Å². The van der Waals surface area contributed by atoms with Gasteiger partial charge in [-0.3, -0.25) is 9.69 Å². The summed E-state index contributed by atoms with van der Waals surface area (Å²) in [6.07, 6.45) is 7.78. The standard InChI is InChI=1S/C23H29N3O2S/c27-22(26-10-3-4-11-26)15-18-16-23(28-20-6-2-1-5-19(18)20)7-12-25(13-8-23)17-21-24-9-14-29-21/h1-2,5-6,9,14,18H,3-4,7-8,10-13,15-17H2/t18-/m1/s1. The molecule has 0 N–H and O–H groups in total. The van der Waals surface area contributed by atoms with Gasteiger partial charge >= 0.3 is 0 Å². The van der Waals surface area contributed by atoms with Crippen molar-refractivity contribution in [2.24, 2.45) is 0 Å². The van der Waals surface area contributed by atoms with E-state index >= 15 is 0 Å². The third-order valence-electron chi connectivity index (χ3n) is 6.79. The lowest BCUT2D eigenvalue weighted by Gasteiger charge is -2.47. The molecule has 154 valence electrons. The van der Waals surface area contributed by atoms with E-state index in [2.05, 4.69) is 39.0 Å². The van der Waals surface area contributed by atoms with E-state index in [1.165, 1.54) is 10.6 Å². The molecule has 1 amide bonds. The first-order valence-corrected chi connectivity index (χ1v) is 11.8. The number of benzene rings is 1. The van der Waals surface area contributed by atoms with Crippen molar-refractivity contribution in [3.8, 4) is 5.75 Å². The maximum Gasteiger partial charge on any atom is 0.223 e. The van der Waals surface area contributed by atoms with E-state index < -0.39 is 0 Å². The van der Waals surface area contributed by atoms with Gasteiger partial charge < -0.3 is 9.64 Å². The Balaban J connectivity index is 1.29. The van der Waals surface area contributed by atoms with Gasteiger partial charge in [-0.25, -0.2) is 4.98 Å². The van der Waals surface area contributed by atoms with Crippen LogP contribution in [0.3, 0.4) is 0 Å².